The Labute approximate surface area is 111 Å². The van der Waals surface area contributed by atoms with Crippen molar-refractivity contribution in [3.8, 4) is 17.1 Å². The zero-order valence-corrected chi connectivity index (χ0v) is 11.0. The summed E-state index contributed by atoms with van der Waals surface area (Å²) in [5.74, 6) is 0. The van der Waals surface area contributed by atoms with Crippen molar-refractivity contribution in [1.29, 1.82) is 0 Å². The Morgan fingerprint density at radius 1 is 1.32 bits per heavy atom. The van der Waals surface area contributed by atoms with Crippen LogP contribution in [0.3, 0.4) is 0 Å². The van der Waals surface area contributed by atoms with E-state index in [0.717, 1.165) is 16.6 Å². The Bertz CT molecular complexity index is 718. The number of ether oxygens (including phenoxy) is 1. The Balaban J connectivity index is 2.10. The number of hydrogen-bond acceptors (Lipinski definition) is 3. The highest BCUT2D eigenvalue weighted by molar-refractivity contribution is 5.93. The van der Waals surface area contributed by atoms with Crippen LogP contribution < -0.4 is 4.74 Å². The van der Waals surface area contributed by atoms with Crippen molar-refractivity contribution in [3.05, 3.63) is 42.2 Å². The van der Waals surface area contributed by atoms with E-state index in [9.17, 15) is 0 Å². The average Bonchev–Trinajstić information content (AvgIpc) is 2.82. The first-order valence-corrected chi connectivity index (χ1v) is 6.32. The second-order valence-electron chi connectivity index (χ2n) is 4.42. The van der Waals surface area contributed by atoms with Crippen molar-refractivity contribution in [3.63, 3.8) is 0 Å². The van der Waals surface area contributed by atoms with Gasteiger partial charge in [-0.05, 0) is 19.4 Å². The molecule has 0 bridgehead atoms. The number of rotatable bonds is 3. The van der Waals surface area contributed by atoms with Gasteiger partial charge in [0.2, 0.25) is 0 Å². The zero-order valence-electron chi connectivity index (χ0n) is 11.0. The maximum atomic E-state index is 5.31. The van der Waals surface area contributed by atoms with Crippen molar-refractivity contribution in [2.75, 3.05) is 6.61 Å². The number of aromatic nitrogens is 3. The van der Waals surface area contributed by atoms with E-state index in [2.05, 4.69) is 46.1 Å². The minimum absolute atomic E-state index is 0.410. The molecule has 0 aliphatic heterocycles. The lowest BCUT2D eigenvalue weighted by molar-refractivity contribution is 0.314. The van der Waals surface area contributed by atoms with Crippen LogP contribution in [-0.2, 0) is 0 Å². The Kier molecular flexibility index (Phi) is 2.91. The first kappa shape index (κ1) is 11.7. The predicted octanol–water partition coefficient (Wildman–Crippen LogP) is 3.33. The molecule has 0 fully saturated rings. The van der Waals surface area contributed by atoms with Gasteiger partial charge in [-0.15, -0.1) is 0 Å². The molecule has 0 saturated heterocycles. The summed E-state index contributed by atoms with van der Waals surface area (Å²) in [4.78, 5) is 11.7. The normalized spacial score (nSPS) is 10.8. The summed E-state index contributed by atoms with van der Waals surface area (Å²) in [7, 11) is 0. The van der Waals surface area contributed by atoms with Crippen LogP contribution in [0.15, 0.2) is 36.7 Å². The van der Waals surface area contributed by atoms with Gasteiger partial charge < -0.3 is 9.72 Å². The van der Waals surface area contributed by atoms with Crippen LogP contribution in [0.5, 0.6) is 6.01 Å². The molecule has 0 saturated carbocycles. The van der Waals surface area contributed by atoms with Crippen LogP contribution >= 0.6 is 0 Å². The largest absolute Gasteiger partial charge is 0.464 e. The first-order valence-electron chi connectivity index (χ1n) is 6.32. The fourth-order valence-corrected chi connectivity index (χ4v) is 2.14. The molecule has 3 aromatic rings. The number of aromatic amines is 1. The molecule has 19 heavy (non-hydrogen) atoms. The van der Waals surface area contributed by atoms with Gasteiger partial charge in [0.25, 0.3) is 0 Å². The molecule has 3 rings (SSSR count). The predicted molar refractivity (Wildman–Crippen MR) is 75.2 cm³/mol. The van der Waals surface area contributed by atoms with Gasteiger partial charge in [0.05, 0.1) is 6.61 Å². The second kappa shape index (κ2) is 4.72. The number of aryl methyl sites for hydroxylation is 1. The molecule has 4 heteroatoms. The fourth-order valence-electron chi connectivity index (χ4n) is 2.14. The van der Waals surface area contributed by atoms with Gasteiger partial charge in [-0.2, -0.15) is 4.98 Å². The van der Waals surface area contributed by atoms with Crippen molar-refractivity contribution < 1.29 is 4.74 Å². The fraction of sp³-hybridized carbons (Fsp3) is 0.200. The Hall–Kier alpha value is -2.36. The molecule has 1 aromatic carbocycles. The van der Waals surface area contributed by atoms with Crippen LogP contribution in [0.2, 0.25) is 0 Å². The van der Waals surface area contributed by atoms with Gasteiger partial charge in [-0.3, -0.25) is 0 Å². The van der Waals surface area contributed by atoms with E-state index in [1.807, 2.05) is 19.3 Å². The molecule has 0 atom stereocenters. The van der Waals surface area contributed by atoms with Gasteiger partial charge in [0, 0.05) is 23.3 Å². The molecule has 2 heterocycles. The Morgan fingerprint density at radius 3 is 3.00 bits per heavy atom. The van der Waals surface area contributed by atoms with Crippen LogP contribution in [-0.4, -0.2) is 21.6 Å². The van der Waals surface area contributed by atoms with Crippen molar-refractivity contribution in [2.45, 2.75) is 13.8 Å². The molecule has 0 aliphatic carbocycles. The summed E-state index contributed by atoms with van der Waals surface area (Å²) >= 11 is 0. The molecule has 96 valence electrons. The number of nitrogens with zero attached hydrogens (tertiary/aromatic N) is 2. The quantitative estimate of drug-likeness (QED) is 0.779. The van der Waals surface area contributed by atoms with Crippen LogP contribution in [0.1, 0.15) is 12.5 Å². The monoisotopic (exact) mass is 253 g/mol. The van der Waals surface area contributed by atoms with Crippen molar-refractivity contribution in [2.24, 2.45) is 0 Å². The van der Waals surface area contributed by atoms with E-state index in [1.54, 1.807) is 0 Å². The highest BCUT2D eigenvalue weighted by Gasteiger charge is 2.09. The molecular formula is C15H15N3O. The van der Waals surface area contributed by atoms with Crippen LogP contribution in [0.25, 0.3) is 22.2 Å². The number of hydrogen-bond donors (Lipinski definition) is 1. The lowest BCUT2D eigenvalue weighted by Gasteiger charge is -2.02. The molecule has 0 spiro atoms. The number of nitrogens with one attached hydrogen (secondary N) is 1. The average molecular weight is 253 g/mol. The third-order valence-electron chi connectivity index (χ3n) is 3.01. The topological polar surface area (TPSA) is 50.8 Å². The van der Waals surface area contributed by atoms with E-state index in [0.29, 0.717) is 12.6 Å². The second-order valence-corrected chi connectivity index (χ2v) is 4.42. The molecular weight excluding hydrogens is 238 g/mol. The van der Waals surface area contributed by atoms with E-state index in [-0.39, 0.29) is 0 Å². The van der Waals surface area contributed by atoms with E-state index < -0.39 is 0 Å². The maximum Gasteiger partial charge on any atom is 0.318 e. The lowest BCUT2D eigenvalue weighted by Crippen LogP contribution is -1.96. The van der Waals surface area contributed by atoms with Gasteiger partial charge in [0.1, 0.15) is 5.65 Å². The van der Waals surface area contributed by atoms with Gasteiger partial charge in [0.15, 0.2) is 0 Å². The van der Waals surface area contributed by atoms with E-state index >= 15 is 0 Å². The summed E-state index contributed by atoms with van der Waals surface area (Å²) in [5.41, 5.74) is 4.31. The van der Waals surface area contributed by atoms with Crippen molar-refractivity contribution >= 4 is 11.0 Å². The minimum Gasteiger partial charge on any atom is -0.464 e. The smallest absolute Gasteiger partial charge is 0.318 e. The first-order chi connectivity index (χ1) is 9.28. The molecule has 2 aromatic heterocycles. The zero-order chi connectivity index (χ0) is 13.2. The number of benzene rings is 1. The standard InChI is InChI=1S/C15H15N3O/c1-3-19-15-17-9-13-12(8-16-14(13)18-15)11-6-4-5-10(2)7-11/h4-9H,3H2,1-2H3,(H,16,17,18). The third-order valence-corrected chi connectivity index (χ3v) is 3.01. The molecule has 1 N–H and O–H groups in total. The van der Waals surface area contributed by atoms with Gasteiger partial charge >= 0.3 is 6.01 Å². The van der Waals surface area contributed by atoms with Gasteiger partial charge in [-0.1, -0.05) is 29.8 Å². The number of H-pyrrole nitrogens is 1. The lowest BCUT2D eigenvalue weighted by atomic mass is 10.0. The minimum atomic E-state index is 0.410. The summed E-state index contributed by atoms with van der Waals surface area (Å²) in [6.45, 7) is 4.57. The summed E-state index contributed by atoms with van der Waals surface area (Å²) in [5, 5.41) is 1.01. The summed E-state index contributed by atoms with van der Waals surface area (Å²) in [6.07, 6.45) is 3.77. The molecule has 0 aliphatic rings. The van der Waals surface area contributed by atoms with Crippen LogP contribution in [0, 0.1) is 6.92 Å². The van der Waals surface area contributed by atoms with Gasteiger partial charge in [-0.25, -0.2) is 4.98 Å². The molecule has 0 radical (unpaired) electrons. The third kappa shape index (κ3) is 2.17. The van der Waals surface area contributed by atoms with Crippen molar-refractivity contribution in [1.82, 2.24) is 15.0 Å². The van der Waals surface area contributed by atoms with E-state index in [4.69, 9.17) is 4.74 Å². The highest BCUT2D eigenvalue weighted by Crippen LogP contribution is 2.28. The molecule has 0 amide bonds. The molecule has 0 unspecified atom stereocenters. The molecule has 4 nitrogen and oxygen atoms in total. The SMILES string of the molecule is CCOc1ncc2c(-c3cccc(C)c3)c[nH]c2n1. The van der Waals surface area contributed by atoms with E-state index in [1.165, 1.54) is 11.1 Å². The summed E-state index contributed by atoms with van der Waals surface area (Å²) in [6, 6.07) is 8.79. The Morgan fingerprint density at radius 2 is 2.21 bits per heavy atom. The number of fused-ring (bicyclic) bond motifs is 1. The highest BCUT2D eigenvalue weighted by atomic mass is 16.5. The van der Waals surface area contributed by atoms with Crippen LogP contribution in [0.4, 0.5) is 0 Å². The summed E-state index contributed by atoms with van der Waals surface area (Å²) < 4.78 is 5.31. The maximum absolute atomic E-state index is 5.31.